The Kier molecular flexibility index (Phi) is 8.05. The van der Waals surface area contributed by atoms with Crippen LogP contribution in [0.2, 0.25) is 0 Å². The molecule has 2 aromatic heterocycles. The molecule has 30 heavy (non-hydrogen) atoms. The van der Waals surface area contributed by atoms with E-state index in [1.807, 2.05) is 25.2 Å². The van der Waals surface area contributed by atoms with Crippen molar-refractivity contribution in [1.82, 2.24) is 24.7 Å². The van der Waals surface area contributed by atoms with Crippen molar-refractivity contribution in [3.63, 3.8) is 0 Å². The summed E-state index contributed by atoms with van der Waals surface area (Å²) in [4.78, 5) is 38.8. The van der Waals surface area contributed by atoms with Crippen LogP contribution in [0, 0.1) is 0 Å². The molecule has 0 unspecified atom stereocenters. The Labute approximate surface area is 176 Å². The molecule has 0 fully saturated rings. The third kappa shape index (κ3) is 6.38. The minimum absolute atomic E-state index is 0.107. The van der Waals surface area contributed by atoms with Gasteiger partial charge in [-0.15, -0.1) is 0 Å². The maximum atomic E-state index is 12.5. The van der Waals surface area contributed by atoms with E-state index in [1.165, 1.54) is 0 Å². The van der Waals surface area contributed by atoms with E-state index in [-0.39, 0.29) is 18.4 Å². The van der Waals surface area contributed by atoms with Crippen molar-refractivity contribution in [2.75, 3.05) is 51.4 Å². The molecule has 0 saturated carbocycles. The zero-order chi connectivity index (χ0) is 22.3. The molecule has 0 aliphatic rings. The van der Waals surface area contributed by atoms with Crippen LogP contribution in [0.4, 0.5) is 11.4 Å². The van der Waals surface area contributed by atoms with E-state index < -0.39 is 5.91 Å². The fourth-order valence-corrected chi connectivity index (χ4v) is 2.92. The molecular formula is C20H31N7O3. The number of nitrogens with one attached hydrogen (secondary N) is 4. The van der Waals surface area contributed by atoms with Crippen molar-refractivity contribution in [3.8, 4) is 0 Å². The summed E-state index contributed by atoms with van der Waals surface area (Å²) in [6.07, 6.45) is 4.30. The summed E-state index contributed by atoms with van der Waals surface area (Å²) in [6, 6.07) is 3.31. The molecule has 0 aliphatic heterocycles. The molecular weight excluding hydrogens is 386 g/mol. The standard InChI is InChI=1S/C20H31N7O3/c1-21-14-9-17(26(4)12-14)20(30)24-15-10-16(27(5)13-15)19(29)23-11-18(28)22-7-6-8-25(2)3/h9-10,12-13,21H,6-8,11H2,1-5H3,(H,22,28)(H,23,29)(H,24,30). The van der Waals surface area contributed by atoms with Crippen LogP contribution < -0.4 is 21.3 Å². The van der Waals surface area contributed by atoms with E-state index in [1.54, 1.807) is 48.6 Å². The maximum absolute atomic E-state index is 12.5. The first kappa shape index (κ1) is 23.0. The van der Waals surface area contributed by atoms with Crippen LogP contribution in [0.15, 0.2) is 24.5 Å². The molecule has 2 aromatic rings. The van der Waals surface area contributed by atoms with E-state index in [0.717, 1.165) is 18.7 Å². The maximum Gasteiger partial charge on any atom is 0.272 e. The molecule has 0 aliphatic carbocycles. The van der Waals surface area contributed by atoms with Crippen LogP contribution in [-0.2, 0) is 18.9 Å². The number of carbonyl (C=O) groups is 3. The molecule has 0 spiro atoms. The minimum atomic E-state index is -0.391. The number of aryl methyl sites for hydroxylation is 2. The summed E-state index contributed by atoms with van der Waals surface area (Å²) in [6.45, 7) is 1.33. The number of nitrogens with zero attached hydrogens (tertiary/aromatic N) is 3. The monoisotopic (exact) mass is 417 g/mol. The Morgan fingerprint density at radius 2 is 1.53 bits per heavy atom. The van der Waals surface area contributed by atoms with E-state index in [4.69, 9.17) is 0 Å². The number of anilines is 2. The number of carbonyl (C=O) groups excluding carboxylic acids is 3. The van der Waals surface area contributed by atoms with E-state index >= 15 is 0 Å². The summed E-state index contributed by atoms with van der Waals surface area (Å²) in [5.74, 6) is -0.916. The van der Waals surface area contributed by atoms with Crippen LogP contribution >= 0.6 is 0 Å². The Hall–Kier alpha value is -3.27. The Balaban J connectivity index is 1.88. The first-order valence-electron chi connectivity index (χ1n) is 9.72. The van der Waals surface area contributed by atoms with E-state index in [9.17, 15) is 14.4 Å². The third-order valence-electron chi connectivity index (χ3n) is 4.54. The number of aromatic nitrogens is 2. The van der Waals surface area contributed by atoms with Gasteiger partial charge in [0.15, 0.2) is 0 Å². The number of rotatable bonds is 10. The Bertz CT molecular complexity index is 898. The second-order valence-electron chi connectivity index (χ2n) is 7.34. The first-order chi connectivity index (χ1) is 14.2. The van der Waals surface area contributed by atoms with Gasteiger partial charge in [0, 0.05) is 40.1 Å². The van der Waals surface area contributed by atoms with Crippen molar-refractivity contribution in [2.45, 2.75) is 6.42 Å². The highest BCUT2D eigenvalue weighted by atomic mass is 16.2. The van der Waals surface area contributed by atoms with Crippen LogP contribution in [0.3, 0.4) is 0 Å². The van der Waals surface area contributed by atoms with Gasteiger partial charge in [-0.3, -0.25) is 14.4 Å². The molecule has 0 radical (unpaired) electrons. The lowest BCUT2D eigenvalue weighted by molar-refractivity contribution is -0.120. The number of amides is 3. The van der Waals surface area contributed by atoms with Crippen molar-refractivity contribution >= 4 is 29.1 Å². The van der Waals surface area contributed by atoms with Crippen LogP contribution in [-0.4, -0.2) is 72.5 Å². The van der Waals surface area contributed by atoms with Gasteiger partial charge in [-0.1, -0.05) is 0 Å². The van der Waals surface area contributed by atoms with Crippen molar-refractivity contribution in [1.29, 1.82) is 0 Å². The summed E-state index contributed by atoms with van der Waals surface area (Å²) in [7, 11) is 9.21. The summed E-state index contributed by atoms with van der Waals surface area (Å²) < 4.78 is 3.32. The van der Waals surface area contributed by atoms with Gasteiger partial charge in [0.25, 0.3) is 11.8 Å². The minimum Gasteiger partial charge on any atom is -0.387 e. The topological polar surface area (TPSA) is 112 Å². The van der Waals surface area contributed by atoms with Gasteiger partial charge in [-0.2, -0.15) is 0 Å². The Morgan fingerprint density at radius 1 is 0.933 bits per heavy atom. The lowest BCUT2D eigenvalue weighted by atomic mass is 10.3. The van der Waals surface area contributed by atoms with E-state index in [0.29, 0.717) is 23.6 Å². The van der Waals surface area contributed by atoms with Gasteiger partial charge in [0.1, 0.15) is 11.4 Å². The predicted molar refractivity (Wildman–Crippen MR) is 117 cm³/mol. The molecule has 10 nitrogen and oxygen atoms in total. The summed E-state index contributed by atoms with van der Waals surface area (Å²) >= 11 is 0. The van der Waals surface area contributed by atoms with Crippen LogP contribution in [0.1, 0.15) is 27.4 Å². The average Bonchev–Trinajstić information content (AvgIpc) is 3.25. The molecule has 2 heterocycles. The van der Waals surface area contributed by atoms with Crippen molar-refractivity contribution in [3.05, 3.63) is 35.9 Å². The first-order valence-corrected chi connectivity index (χ1v) is 9.72. The van der Waals surface area contributed by atoms with Crippen molar-refractivity contribution < 1.29 is 14.4 Å². The normalized spacial score (nSPS) is 10.7. The molecule has 0 aromatic carbocycles. The van der Waals surface area contributed by atoms with Gasteiger partial charge < -0.3 is 35.3 Å². The number of hydrogen-bond donors (Lipinski definition) is 4. The molecule has 0 atom stereocenters. The molecule has 0 saturated heterocycles. The van der Waals surface area contributed by atoms with Crippen molar-refractivity contribution in [2.24, 2.45) is 14.1 Å². The fourth-order valence-electron chi connectivity index (χ4n) is 2.92. The zero-order valence-electron chi connectivity index (χ0n) is 18.2. The van der Waals surface area contributed by atoms with Gasteiger partial charge in [-0.05, 0) is 39.2 Å². The smallest absolute Gasteiger partial charge is 0.272 e. The number of hydrogen-bond acceptors (Lipinski definition) is 5. The second kappa shape index (κ2) is 10.5. The average molecular weight is 418 g/mol. The van der Waals surface area contributed by atoms with Crippen LogP contribution in [0.5, 0.6) is 0 Å². The summed E-state index contributed by atoms with van der Waals surface area (Å²) in [5, 5.41) is 11.1. The molecule has 164 valence electrons. The largest absolute Gasteiger partial charge is 0.387 e. The van der Waals surface area contributed by atoms with Gasteiger partial charge in [-0.25, -0.2) is 0 Å². The van der Waals surface area contributed by atoms with E-state index in [2.05, 4.69) is 21.3 Å². The van der Waals surface area contributed by atoms with Crippen LogP contribution in [0.25, 0.3) is 0 Å². The predicted octanol–water partition coefficient (Wildman–Crippen LogP) is 0.455. The van der Waals surface area contributed by atoms with Gasteiger partial charge in [0.05, 0.1) is 17.9 Å². The zero-order valence-corrected chi connectivity index (χ0v) is 18.2. The molecule has 3 amide bonds. The highest BCUT2D eigenvalue weighted by Crippen LogP contribution is 2.17. The third-order valence-corrected chi connectivity index (χ3v) is 4.54. The molecule has 4 N–H and O–H groups in total. The molecule has 10 heteroatoms. The van der Waals surface area contributed by atoms with Gasteiger partial charge >= 0.3 is 0 Å². The highest BCUT2D eigenvalue weighted by Gasteiger charge is 2.16. The molecule has 0 bridgehead atoms. The molecule has 2 rings (SSSR count). The summed E-state index contributed by atoms with van der Waals surface area (Å²) in [5.41, 5.74) is 2.15. The lowest BCUT2D eigenvalue weighted by Crippen LogP contribution is -2.38. The fraction of sp³-hybridized carbons (Fsp3) is 0.450. The van der Waals surface area contributed by atoms with Gasteiger partial charge in [0.2, 0.25) is 5.91 Å². The Morgan fingerprint density at radius 3 is 2.13 bits per heavy atom. The highest BCUT2D eigenvalue weighted by molar-refractivity contribution is 6.05. The SMILES string of the molecule is CNc1cc(C(=O)Nc2cc(C(=O)NCC(=O)NCCCN(C)C)n(C)c2)n(C)c1. The second-order valence-corrected chi connectivity index (χ2v) is 7.34. The lowest BCUT2D eigenvalue weighted by Gasteiger charge is -2.10. The quantitative estimate of drug-likeness (QED) is 0.420.